The Labute approximate surface area is 133 Å². The highest BCUT2D eigenvalue weighted by molar-refractivity contribution is 7.17. The summed E-state index contributed by atoms with van der Waals surface area (Å²) in [5, 5.41) is 12.2. The maximum atomic E-state index is 12.5. The average molecular weight is 323 g/mol. The van der Waals surface area contributed by atoms with Crippen molar-refractivity contribution in [1.29, 1.82) is 0 Å². The molecular formula is C15H21N3O3S. The van der Waals surface area contributed by atoms with Crippen molar-refractivity contribution < 1.29 is 14.7 Å². The first-order valence-electron chi connectivity index (χ1n) is 7.31. The quantitative estimate of drug-likeness (QED) is 0.856. The number of carbonyl (C=O) groups excluding carboxylic acids is 1. The molecule has 2 N–H and O–H groups in total. The summed E-state index contributed by atoms with van der Waals surface area (Å²) in [4.78, 5) is 30.2. The van der Waals surface area contributed by atoms with Gasteiger partial charge in [0.05, 0.1) is 11.1 Å². The molecule has 0 spiro atoms. The minimum Gasteiger partial charge on any atom is -0.481 e. The van der Waals surface area contributed by atoms with Crippen molar-refractivity contribution in [2.45, 2.75) is 40.5 Å². The highest BCUT2D eigenvalue weighted by Crippen LogP contribution is 2.26. The Morgan fingerprint density at radius 1 is 1.36 bits per heavy atom. The highest BCUT2D eigenvalue weighted by atomic mass is 32.1. The lowest BCUT2D eigenvalue weighted by atomic mass is 9.82. The summed E-state index contributed by atoms with van der Waals surface area (Å²) in [5.74, 6) is -1.16. The van der Waals surface area contributed by atoms with Crippen LogP contribution >= 0.6 is 11.3 Å². The van der Waals surface area contributed by atoms with Crippen molar-refractivity contribution in [2.24, 2.45) is 5.41 Å². The van der Waals surface area contributed by atoms with Crippen LogP contribution in [0, 0.1) is 19.3 Å². The Bertz CT molecular complexity index is 713. The van der Waals surface area contributed by atoms with Crippen LogP contribution in [0.1, 0.15) is 47.7 Å². The fraction of sp³-hybridized carbons (Fsp3) is 0.533. The molecule has 2 heterocycles. The number of carboxylic acid groups (broad SMARTS) is 1. The van der Waals surface area contributed by atoms with Gasteiger partial charge in [-0.15, -0.1) is 11.3 Å². The molecule has 120 valence electrons. The molecule has 0 aliphatic carbocycles. The van der Waals surface area contributed by atoms with Crippen LogP contribution in [0.2, 0.25) is 0 Å². The number of aryl methyl sites for hydroxylation is 2. The summed E-state index contributed by atoms with van der Waals surface area (Å²) < 4.78 is 1.77. The van der Waals surface area contributed by atoms with E-state index in [0.29, 0.717) is 24.2 Å². The maximum Gasteiger partial charge on any atom is 0.311 e. The second-order valence-corrected chi connectivity index (χ2v) is 6.73. The van der Waals surface area contributed by atoms with Crippen LogP contribution in [0.15, 0.2) is 6.20 Å². The van der Waals surface area contributed by atoms with Gasteiger partial charge < -0.3 is 10.4 Å². The van der Waals surface area contributed by atoms with Crippen LogP contribution in [0.25, 0.3) is 4.96 Å². The molecule has 2 aromatic rings. The summed E-state index contributed by atoms with van der Waals surface area (Å²) in [7, 11) is 0. The molecule has 22 heavy (non-hydrogen) atoms. The second-order valence-electron chi connectivity index (χ2n) is 5.52. The molecule has 7 heteroatoms. The monoisotopic (exact) mass is 323 g/mol. The number of nitrogens with zero attached hydrogens (tertiary/aromatic N) is 2. The van der Waals surface area contributed by atoms with Crippen molar-refractivity contribution >= 4 is 28.2 Å². The lowest BCUT2D eigenvalue weighted by Gasteiger charge is -2.26. The fourth-order valence-corrected chi connectivity index (χ4v) is 3.42. The van der Waals surface area contributed by atoms with Crippen LogP contribution in [0.4, 0.5) is 0 Å². The third-order valence-corrected chi connectivity index (χ3v) is 5.12. The molecule has 0 saturated carbocycles. The molecule has 0 radical (unpaired) electrons. The van der Waals surface area contributed by atoms with Gasteiger partial charge in [-0.3, -0.25) is 14.0 Å². The molecule has 2 rings (SSSR count). The Kier molecular flexibility index (Phi) is 4.55. The number of carboxylic acids is 1. The van der Waals surface area contributed by atoms with Crippen LogP contribution in [-0.2, 0) is 4.79 Å². The number of carbonyl (C=O) groups is 2. The number of rotatable bonds is 6. The fourth-order valence-electron chi connectivity index (χ4n) is 2.55. The molecule has 0 aliphatic rings. The van der Waals surface area contributed by atoms with E-state index in [0.717, 1.165) is 9.84 Å². The van der Waals surface area contributed by atoms with E-state index in [-0.39, 0.29) is 12.5 Å². The van der Waals surface area contributed by atoms with Gasteiger partial charge in [0, 0.05) is 17.6 Å². The van der Waals surface area contributed by atoms with Crippen LogP contribution in [0.3, 0.4) is 0 Å². The largest absolute Gasteiger partial charge is 0.481 e. The molecule has 0 atom stereocenters. The summed E-state index contributed by atoms with van der Waals surface area (Å²) in [6, 6.07) is 0. The van der Waals surface area contributed by atoms with Gasteiger partial charge in [0.25, 0.3) is 5.91 Å². The third kappa shape index (κ3) is 2.72. The lowest BCUT2D eigenvalue weighted by molar-refractivity contribution is -0.149. The lowest BCUT2D eigenvalue weighted by Crippen LogP contribution is -2.42. The normalized spacial score (nSPS) is 11.8. The van der Waals surface area contributed by atoms with E-state index in [9.17, 15) is 14.7 Å². The second kappa shape index (κ2) is 6.08. The van der Waals surface area contributed by atoms with Gasteiger partial charge in [-0.05, 0) is 26.7 Å². The van der Waals surface area contributed by atoms with Crippen molar-refractivity contribution in [3.63, 3.8) is 0 Å². The predicted octanol–water partition coefficient (Wildman–Crippen LogP) is 2.63. The topological polar surface area (TPSA) is 83.7 Å². The van der Waals surface area contributed by atoms with E-state index in [1.54, 1.807) is 11.3 Å². The molecule has 0 fully saturated rings. The predicted molar refractivity (Wildman–Crippen MR) is 85.5 cm³/mol. The number of fused-ring (bicyclic) bond motifs is 1. The van der Waals surface area contributed by atoms with Gasteiger partial charge in [-0.2, -0.15) is 0 Å². The van der Waals surface area contributed by atoms with Crippen LogP contribution in [-0.4, -0.2) is 32.9 Å². The molecule has 1 amide bonds. The van der Waals surface area contributed by atoms with Crippen molar-refractivity contribution in [2.75, 3.05) is 6.54 Å². The molecule has 2 aromatic heterocycles. The van der Waals surface area contributed by atoms with E-state index in [1.165, 1.54) is 11.3 Å². The van der Waals surface area contributed by atoms with Gasteiger partial charge in [-0.25, -0.2) is 4.98 Å². The van der Waals surface area contributed by atoms with Crippen LogP contribution < -0.4 is 5.32 Å². The average Bonchev–Trinajstić information content (AvgIpc) is 2.94. The SMILES string of the molecule is CCC(CC)(CNC(=O)c1c(C)nc2sc(C)cn12)C(=O)O. The number of aliphatic carboxylic acids is 1. The Morgan fingerprint density at radius 2 is 2.00 bits per heavy atom. The van der Waals surface area contributed by atoms with E-state index < -0.39 is 11.4 Å². The first-order chi connectivity index (χ1) is 10.3. The van der Waals surface area contributed by atoms with Crippen LogP contribution in [0.5, 0.6) is 0 Å². The molecule has 0 aliphatic heterocycles. The van der Waals surface area contributed by atoms with Gasteiger partial charge in [-0.1, -0.05) is 13.8 Å². The molecule has 0 aromatic carbocycles. The van der Waals surface area contributed by atoms with Gasteiger partial charge in [0.2, 0.25) is 0 Å². The number of thiazole rings is 1. The zero-order chi connectivity index (χ0) is 16.5. The van der Waals surface area contributed by atoms with Crippen molar-refractivity contribution in [3.05, 3.63) is 22.5 Å². The van der Waals surface area contributed by atoms with E-state index in [2.05, 4.69) is 10.3 Å². The number of imidazole rings is 1. The van der Waals surface area contributed by atoms with E-state index in [1.807, 2.05) is 27.0 Å². The Morgan fingerprint density at radius 3 is 2.55 bits per heavy atom. The summed E-state index contributed by atoms with van der Waals surface area (Å²) in [5.41, 5.74) is 0.210. The number of aromatic nitrogens is 2. The summed E-state index contributed by atoms with van der Waals surface area (Å²) in [6.45, 7) is 7.51. The smallest absolute Gasteiger partial charge is 0.311 e. The van der Waals surface area contributed by atoms with Gasteiger partial charge in [0.15, 0.2) is 4.96 Å². The minimum atomic E-state index is -0.919. The molecule has 6 nitrogen and oxygen atoms in total. The van der Waals surface area contributed by atoms with Crippen molar-refractivity contribution in [3.8, 4) is 0 Å². The number of hydrogen-bond donors (Lipinski definition) is 2. The Hall–Kier alpha value is -1.89. The number of amides is 1. The maximum absolute atomic E-state index is 12.5. The zero-order valence-electron chi connectivity index (χ0n) is 13.3. The molecule has 0 bridgehead atoms. The number of hydrogen-bond acceptors (Lipinski definition) is 4. The Balaban J connectivity index is 2.24. The zero-order valence-corrected chi connectivity index (χ0v) is 14.1. The first kappa shape index (κ1) is 16.5. The summed E-state index contributed by atoms with van der Waals surface area (Å²) in [6.07, 6.45) is 2.81. The minimum absolute atomic E-state index is 0.115. The van der Waals surface area contributed by atoms with Crippen molar-refractivity contribution in [1.82, 2.24) is 14.7 Å². The van der Waals surface area contributed by atoms with E-state index >= 15 is 0 Å². The van der Waals surface area contributed by atoms with Gasteiger partial charge in [0.1, 0.15) is 5.69 Å². The first-order valence-corrected chi connectivity index (χ1v) is 8.13. The molecular weight excluding hydrogens is 302 g/mol. The molecule has 0 unspecified atom stereocenters. The standard InChI is InChI=1S/C15H21N3O3S/c1-5-15(6-2,13(20)21)8-16-12(19)11-10(4)17-14-18(11)7-9(3)22-14/h7H,5-6,8H2,1-4H3,(H,16,19)(H,20,21). The van der Waals surface area contributed by atoms with E-state index in [4.69, 9.17) is 0 Å². The third-order valence-electron chi connectivity index (χ3n) is 4.23. The van der Waals surface area contributed by atoms with Gasteiger partial charge >= 0.3 is 5.97 Å². The molecule has 0 saturated heterocycles. The number of nitrogens with one attached hydrogen (secondary N) is 1. The highest BCUT2D eigenvalue weighted by Gasteiger charge is 2.35. The summed E-state index contributed by atoms with van der Waals surface area (Å²) >= 11 is 1.52.